The van der Waals surface area contributed by atoms with E-state index in [0.29, 0.717) is 0 Å². The smallest absolute Gasteiger partial charge is 0.0573 e. The molecule has 0 unspecified atom stereocenters. The van der Waals surface area contributed by atoms with Crippen LogP contribution in [0.3, 0.4) is 0 Å². The second-order valence-corrected chi connectivity index (χ2v) is 16.1. The van der Waals surface area contributed by atoms with Crippen molar-refractivity contribution in [3.8, 4) is 0 Å². The van der Waals surface area contributed by atoms with Crippen molar-refractivity contribution in [2.24, 2.45) is 0 Å². The van der Waals surface area contributed by atoms with E-state index < -0.39 is 8.07 Å². The van der Waals surface area contributed by atoms with Crippen molar-refractivity contribution in [2.45, 2.75) is 193 Å². The van der Waals surface area contributed by atoms with Crippen LogP contribution < -0.4 is 0 Å². The van der Waals surface area contributed by atoms with Crippen LogP contribution in [-0.2, 0) is 0 Å². The van der Waals surface area contributed by atoms with E-state index in [1.54, 1.807) is 18.1 Å². The highest BCUT2D eigenvalue weighted by molar-refractivity contribution is 6.80. The Labute approximate surface area is 213 Å². The summed E-state index contributed by atoms with van der Waals surface area (Å²) in [5, 5.41) is 0. The summed E-state index contributed by atoms with van der Waals surface area (Å²) in [7, 11) is -1.16. The molecule has 0 saturated carbocycles. The first kappa shape index (κ1) is 33.0. The second kappa shape index (κ2) is 26.6. The zero-order valence-corrected chi connectivity index (χ0v) is 25.0. The van der Waals surface area contributed by atoms with E-state index in [1.165, 1.54) is 147 Å². The van der Waals surface area contributed by atoms with Gasteiger partial charge in [0, 0.05) is 0 Å². The number of hydrogen-bond acceptors (Lipinski definition) is 0. The van der Waals surface area contributed by atoms with E-state index in [0.717, 1.165) is 0 Å². The van der Waals surface area contributed by atoms with Gasteiger partial charge in [0.15, 0.2) is 0 Å². The average Bonchev–Trinajstić information content (AvgIpc) is 2.83. The van der Waals surface area contributed by atoms with Gasteiger partial charge in [0.1, 0.15) is 0 Å². The Morgan fingerprint density at radius 2 is 0.697 bits per heavy atom. The van der Waals surface area contributed by atoms with E-state index in [1.807, 2.05) is 0 Å². The van der Waals surface area contributed by atoms with Crippen molar-refractivity contribution in [2.75, 3.05) is 0 Å². The Bertz CT molecular complexity index is 345. The summed E-state index contributed by atoms with van der Waals surface area (Å²) in [5.41, 5.74) is 0. The molecule has 0 bridgehead atoms. The molecular weight excluding hydrogens is 412 g/mol. The highest BCUT2D eigenvalue weighted by atomic mass is 28.3. The van der Waals surface area contributed by atoms with Gasteiger partial charge >= 0.3 is 0 Å². The van der Waals surface area contributed by atoms with Crippen LogP contribution in [0.4, 0.5) is 0 Å². The Hall–Kier alpha value is -0.0431. The lowest BCUT2D eigenvalue weighted by Crippen LogP contribution is -2.33. The topological polar surface area (TPSA) is 0 Å². The summed E-state index contributed by atoms with van der Waals surface area (Å²) >= 11 is 0. The molecule has 33 heavy (non-hydrogen) atoms. The summed E-state index contributed by atoms with van der Waals surface area (Å²) in [6, 6.07) is 6.38. The van der Waals surface area contributed by atoms with E-state index in [9.17, 15) is 0 Å². The Morgan fingerprint density at radius 3 is 1.09 bits per heavy atom. The maximum atomic E-state index is 2.67. The Balaban J connectivity index is 4.84. The van der Waals surface area contributed by atoms with Crippen LogP contribution in [0.5, 0.6) is 0 Å². The predicted octanol–water partition coefficient (Wildman–Crippen LogP) is 12.7. The number of allylic oxidation sites excluding steroid dienone is 2. The molecule has 0 radical (unpaired) electrons. The molecule has 0 N–H and O–H groups in total. The average molecular weight is 479 g/mol. The van der Waals surface area contributed by atoms with Gasteiger partial charge < -0.3 is 0 Å². The fraction of sp³-hybridized carbons (Fsp3) is 0.938. The van der Waals surface area contributed by atoms with Gasteiger partial charge in [-0.2, -0.15) is 0 Å². The monoisotopic (exact) mass is 478 g/mol. The first-order chi connectivity index (χ1) is 16.2. The summed E-state index contributed by atoms with van der Waals surface area (Å²) < 4.78 is 0. The van der Waals surface area contributed by atoms with Crippen LogP contribution in [0.25, 0.3) is 0 Å². The molecule has 0 heterocycles. The maximum Gasteiger partial charge on any atom is 0.0573 e. The van der Waals surface area contributed by atoms with Crippen molar-refractivity contribution < 1.29 is 0 Å². The lowest BCUT2D eigenvalue weighted by Gasteiger charge is -2.32. The highest BCUT2D eigenvalue weighted by Crippen LogP contribution is 2.34. The molecule has 0 saturated heterocycles. The van der Waals surface area contributed by atoms with Crippen LogP contribution in [0, 0.1) is 0 Å². The number of hydrogen-bond donors (Lipinski definition) is 0. The molecule has 0 spiro atoms. The third kappa shape index (κ3) is 22.2. The molecule has 0 aliphatic rings. The molecule has 0 aliphatic heterocycles. The van der Waals surface area contributed by atoms with Gasteiger partial charge in [-0.15, -0.1) is 0 Å². The van der Waals surface area contributed by atoms with Crippen LogP contribution >= 0.6 is 0 Å². The molecule has 0 fully saturated rings. The van der Waals surface area contributed by atoms with Gasteiger partial charge in [-0.25, -0.2) is 0 Å². The fourth-order valence-electron chi connectivity index (χ4n) is 5.49. The molecule has 0 amide bonds. The van der Waals surface area contributed by atoms with Crippen molar-refractivity contribution in [3.05, 3.63) is 12.2 Å². The van der Waals surface area contributed by atoms with Crippen molar-refractivity contribution in [1.29, 1.82) is 0 Å². The molecule has 1 heteroatoms. The van der Waals surface area contributed by atoms with E-state index in [-0.39, 0.29) is 0 Å². The Kier molecular flexibility index (Phi) is 26.5. The zero-order valence-electron chi connectivity index (χ0n) is 24.0. The first-order valence-corrected chi connectivity index (χ1v) is 18.7. The summed E-state index contributed by atoms with van der Waals surface area (Å²) in [6.45, 7) is 9.34. The maximum absolute atomic E-state index is 2.67. The summed E-state index contributed by atoms with van der Waals surface area (Å²) in [5.74, 6) is 0. The highest BCUT2D eigenvalue weighted by Gasteiger charge is 2.29. The summed E-state index contributed by atoms with van der Waals surface area (Å²) in [4.78, 5) is 0. The molecule has 0 aliphatic carbocycles. The number of unbranched alkanes of at least 4 members (excludes halogenated alkanes) is 18. The largest absolute Gasteiger partial charge is 0.0912 e. The predicted molar refractivity (Wildman–Crippen MR) is 158 cm³/mol. The van der Waals surface area contributed by atoms with Gasteiger partial charge in [-0.05, 0) is 18.9 Å². The minimum Gasteiger partial charge on any atom is -0.0912 e. The minimum absolute atomic E-state index is 1.16. The SMILES string of the molecule is CCCCC/C=C/C[Si](CCCCCCCC)(CCCCCCCC)CCCCCCCC. The third-order valence-corrected chi connectivity index (χ3v) is 13.2. The standard InChI is InChI=1S/C32H66Si/c1-5-9-13-17-21-25-29-33(30-26-22-18-14-10-6-2,31-27-23-19-15-11-7-3)32-28-24-20-16-12-8-4/h21,25H,5-20,22-24,26-32H2,1-4H3/b25-21+. The molecule has 0 aromatic carbocycles. The summed E-state index contributed by atoms with van der Waals surface area (Å²) in [6.07, 6.45) is 37.1. The molecule has 0 aromatic heterocycles. The fourth-order valence-corrected chi connectivity index (χ4v) is 10.5. The lowest BCUT2D eigenvalue weighted by atomic mass is 10.1. The number of rotatable bonds is 27. The third-order valence-electron chi connectivity index (χ3n) is 7.87. The molecule has 0 aromatic rings. The lowest BCUT2D eigenvalue weighted by molar-refractivity contribution is 0.606. The van der Waals surface area contributed by atoms with Crippen molar-refractivity contribution in [1.82, 2.24) is 0 Å². The molecule has 198 valence electrons. The molecular formula is C32H66Si. The molecule has 0 rings (SSSR count). The van der Waals surface area contributed by atoms with Crippen LogP contribution in [0.2, 0.25) is 24.2 Å². The normalized spacial score (nSPS) is 12.2. The minimum atomic E-state index is -1.16. The van der Waals surface area contributed by atoms with Gasteiger partial charge in [0.2, 0.25) is 0 Å². The van der Waals surface area contributed by atoms with Crippen LogP contribution in [0.1, 0.15) is 169 Å². The van der Waals surface area contributed by atoms with E-state index in [4.69, 9.17) is 0 Å². The van der Waals surface area contributed by atoms with Crippen molar-refractivity contribution >= 4 is 8.07 Å². The van der Waals surface area contributed by atoms with Gasteiger partial charge in [-0.3, -0.25) is 0 Å². The Morgan fingerprint density at radius 1 is 0.364 bits per heavy atom. The quantitative estimate of drug-likeness (QED) is 0.0625. The van der Waals surface area contributed by atoms with Crippen LogP contribution in [0.15, 0.2) is 12.2 Å². The van der Waals surface area contributed by atoms with Crippen molar-refractivity contribution in [3.63, 3.8) is 0 Å². The van der Waals surface area contributed by atoms with Gasteiger partial charge in [-0.1, -0.05) is 186 Å². The molecule has 0 atom stereocenters. The second-order valence-electron chi connectivity index (χ2n) is 11.2. The van der Waals surface area contributed by atoms with E-state index in [2.05, 4.69) is 39.8 Å². The first-order valence-electron chi connectivity index (χ1n) is 15.9. The van der Waals surface area contributed by atoms with E-state index >= 15 is 0 Å². The van der Waals surface area contributed by atoms with Gasteiger partial charge in [0.25, 0.3) is 0 Å². The zero-order chi connectivity index (χ0) is 24.3. The van der Waals surface area contributed by atoms with Crippen LogP contribution in [-0.4, -0.2) is 8.07 Å². The van der Waals surface area contributed by atoms with Gasteiger partial charge in [0.05, 0.1) is 8.07 Å². The molecule has 0 nitrogen and oxygen atoms in total.